The van der Waals surface area contributed by atoms with E-state index in [1.807, 2.05) is 18.2 Å². The van der Waals surface area contributed by atoms with E-state index < -0.39 is 0 Å². The molecule has 0 bridgehead atoms. The van der Waals surface area contributed by atoms with E-state index in [1.165, 1.54) is 0 Å². The third-order valence-electron chi connectivity index (χ3n) is 1.62. The quantitative estimate of drug-likeness (QED) is 0.788. The highest BCUT2D eigenvalue weighted by Crippen LogP contribution is 2.08. The van der Waals surface area contributed by atoms with Crippen LogP contribution in [0.3, 0.4) is 0 Å². The van der Waals surface area contributed by atoms with Crippen LogP contribution >= 0.6 is 15.9 Å². The molecule has 0 aliphatic rings. The van der Waals surface area contributed by atoms with E-state index in [2.05, 4.69) is 26.0 Å². The van der Waals surface area contributed by atoms with Crippen LogP contribution in [0.1, 0.15) is 5.69 Å². The minimum absolute atomic E-state index is 0.465. The van der Waals surface area contributed by atoms with Gasteiger partial charge in [0.25, 0.3) is 0 Å². The number of hydrogen-bond acceptors (Lipinski definition) is 3. The minimum Gasteiger partial charge on any atom is -0.325 e. The van der Waals surface area contributed by atoms with Crippen molar-refractivity contribution in [2.45, 2.75) is 6.54 Å². The number of aromatic nitrogens is 3. The van der Waals surface area contributed by atoms with Crippen molar-refractivity contribution < 1.29 is 0 Å². The Bertz CT molecular complexity index is 409. The van der Waals surface area contributed by atoms with Gasteiger partial charge in [0.1, 0.15) is 0 Å². The first kappa shape index (κ1) is 7.70. The zero-order chi connectivity index (χ0) is 8.55. The van der Waals surface area contributed by atoms with Crippen LogP contribution in [-0.4, -0.2) is 14.6 Å². The molecule has 0 radical (unpaired) electrons. The summed E-state index contributed by atoms with van der Waals surface area (Å²) in [7, 11) is 0. The van der Waals surface area contributed by atoms with Crippen molar-refractivity contribution in [3.8, 4) is 0 Å². The molecule has 2 aromatic rings. The van der Waals surface area contributed by atoms with Crippen LogP contribution in [0.4, 0.5) is 0 Å². The van der Waals surface area contributed by atoms with Gasteiger partial charge < -0.3 is 5.73 Å². The summed E-state index contributed by atoms with van der Waals surface area (Å²) in [5.74, 6) is 0. The topological polar surface area (TPSA) is 56.2 Å². The first-order valence-electron chi connectivity index (χ1n) is 3.51. The lowest BCUT2D eigenvalue weighted by Gasteiger charge is -1.97. The third-order valence-corrected chi connectivity index (χ3v) is 1.96. The molecular formula is C7H7BrN4. The fourth-order valence-corrected chi connectivity index (χ4v) is 1.43. The Hall–Kier alpha value is -0.940. The third kappa shape index (κ3) is 1.11. The van der Waals surface area contributed by atoms with Gasteiger partial charge in [-0.25, -0.2) is 9.50 Å². The molecule has 12 heavy (non-hydrogen) atoms. The summed E-state index contributed by atoms with van der Waals surface area (Å²) in [6.45, 7) is 0.465. The molecule has 2 aromatic heterocycles. The predicted molar refractivity (Wildman–Crippen MR) is 48.6 cm³/mol. The molecular weight excluding hydrogens is 220 g/mol. The van der Waals surface area contributed by atoms with Crippen LogP contribution in [-0.2, 0) is 6.54 Å². The lowest BCUT2D eigenvalue weighted by Crippen LogP contribution is -2.04. The van der Waals surface area contributed by atoms with Crippen molar-refractivity contribution in [3.05, 3.63) is 28.6 Å². The lowest BCUT2D eigenvalue weighted by molar-refractivity contribution is 0.843. The van der Waals surface area contributed by atoms with Crippen LogP contribution in [0.2, 0.25) is 0 Å². The van der Waals surface area contributed by atoms with Crippen LogP contribution < -0.4 is 5.73 Å². The fraction of sp³-hybridized carbons (Fsp3) is 0.143. The molecule has 2 rings (SSSR count). The van der Waals surface area contributed by atoms with E-state index in [1.54, 1.807) is 4.52 Å². The fourth-order valence-electron chi connectivity index (χ4n) is 1.09. The molecule has 0 amide bonds. The Morgan fingerprint density at radius 3 is 3.08 bits per heavy atom. The molecule has 0 saturated heterocycles. The average molecular weight is 227 g/mol. The van der Waals surface area contributed by atoms with E-state index in [9.17, 15) is 0 Å². The monoisotopic (exact) mass is 226 g/mol. The number of hydrogen-bond donors (Lipinski definition) is 1. The molecule has 0 aromatic carbocycles. The van der Waals surface area contributed by atoms with Gasteiger partial charge in [-0.1, -0.05) is 6.07 Å². The maximum atomic E-state index is 5.52. The molecule has 5 heteroatoms. The van der Waals surface area contributed by atoms with Crippen molar-refractivity contribution in [1.29, 1.82) is 0 Å². The number of pyridine rings is 1. The summed E-state index contributed by atoms with van der Waals surface area (Å²) in [6, 6.07) is 5.73. The Morgan fingerprint density at radius 1 is 1.50 bits per heavy atom. The van der Waals surface area contributed by atoms with Gasteiger partial charge in [-0.3, -0.25) is 0 Å². The maximum absolute atomic E-state index is 5.52. The Kier molecular flexibility index (Phi) is 1.82. The Morgan fingerprint density at radius 2 is 2.33 bits per heavy atom. The van der Waals surface area contributed by atoms with Gasteiger partial charge in [-0.15, -0.1) is 5.10 Å². The molecule has 4 nitrogen and oxygen atoms in total. The average Bonchev–Trinajstić information content (AvgIpc) is 2.44. The Labute approximate surface area is 77.5 Å². The lowest BCUT2D eigenvalue weighted by atomic mass is 10.3. The molecule has 2 heterocycles. The van der Waals surface area contributed by atoms with Crippen LogP contribution in [0.5, 0.6) is 0 Å². The summed E-state index contributed by atoms with van der Waals surface area (Å²) in [6.07, 6.45) is 0. The van der Waals surface area contributed by atoms with Crippen molar-refractivity contribution in [2.75, 3.05) is 0 Å². The second kappa shape index (κ2) is 2.84. The molecule has 2 N–H and O–H groups in total. The normalized spacial score (nSPS) is 10.8. The molecule has 0 aliphatic carbocycles. The summed E-state index contributed by atoms with van der Waals surface area (Å²) < 4.78 is 2.31. The number of nitrogens with zero attached hydrogens (tertiary/aromatic N) is 3. The maximum Gasteiger partial charge on any atom is 0.218 e. The highest BCUT2D eigenvalue weighted by atomic mass is 79.9. The van der Waals surface area contributed by atoms with E-state index in [0.717, 1.165) is 11.3 Å². The van der Waals surface area contributed by atoms with Crippen molar-refractivity contribution in [2.24, 2.45) is 5.73 Å². The molecule has 0 spiro atoms. The second-order valence-corrected chi connectivity index (χ2v) is 3.08. The van der Waals surface area contributed by atoms with Gasteiger partial charge in [-0.2, -0.15) is 0 Å². The van der Waals surface area contributed by atoms with Crippen molar-refractivity contribution in [1.82, 2.24) is 14.6 Å². The number of fused-ring (bicyclic) bond motifs is 1. The van der Waals surface area contributed by atoms with Gasteiger partial charge in [0.15, 0.2) is 5.65 Å². The summed E-state index contributed by atoms with van der Waals surface area (Å²) in [4.78, 5) is 4.13. The minimum atomic E-state index is 0.465. The zero-order valence-corrected chi connectivity index (χ0v) is 7.82. The van der Waals surface area contributed by atoms with E-state index in [-0.39, 0.29) is 0 Å². The van der Waals surface area contributed by atoms with Gasteiger partial charge in [-0.05, 0) is 28.1 Å². The van der Waals surface area contributed by atoms with E-state index in [0.29, 0.717) is 11.3 Å². The predicted octanol–water partition coefficient (Wildman–Crippen LogP) is 0.951. The second-order valence-electron chi connectivity index (χ2n) is 2.37. The van der Waals surface area contributed by atoms with Gasteiger partial charge in [0, 0.05) is 6.54 Å². The van der Waals surface area contributed by atoms with Crippen LogP contribution in [0, 0.1) is 0 Å². The molecule has 0 fully saturated rings. The van der Waals surface area contributed by atoms with Gasteiger partial charge in [0.2, 0.25) is 4.73 Å². The van der Waals surface area contributed by atoms with Gasteiger partial charge >= 0.3 is 0 Å². The first-order valence-corrected chi connectivity index (χ1v) is 4.31. The SMILES string of the molecule is NCc1cccc2nc(Br)nn12. The van der Waals surface area contributed by atoms with E-state index in [4.69, 9.17) is 5.73 Å². The summed E-state index contributed by atoms with van der Waals surface area (Å²) in [5, 5.41) is 4.13. The first-order chi connectivity index (χ1) is 5.81. The van der Waals surface area contributed by atoms with Gasteiger partial charge in [0.05, 0.1) is 5.69 Å². The van der Waals surface area contributed by atoms with Crippen molar-refractivity contribution in [3.63, 3.8) is 0 Å². The molecule has 0 unspecified atom stereocenters. The smallest absolute Gasteiger partial charge is 0.218 e. The molecule has 0 aliphatic heterocycles. The molecule has 62 valence electrons. The van der Waals surface area contributed by atoms with Crippen molar-refractivity contribution >= 4 is 21.6 Å². The summed E-state index contributed by atoms with van der Waals surface area (Å²) >= 11 is 3.20. The molecule has 0 atom stereocenters. The van der Waals surface area contributed by atoms with Crippen LogP contribution in [0.25, 0.3) is 5.65 Å². The standard InChI is InChI=1S/C7H7BrN4/c8-7-10-6-3-1-2-5(4-9)12(6)11-7/h1-3H,4,9H2. The summed E-state index contributed by atoms with van der Waals surface area (Å²) in [5.41, 5.74) is 7.28. The number of nitrogens with two attached hydrogens (primary N) is 1. The highest BCUT2D eigenvalue weighted by molar-refractivity contribution is 9.10. The number of halogens is 1. The zero-order valence-electron chi connectivity index (χ0n) is 6.24. The molecule has 0 saturated carbocycles. The van der Waals surface area contributed by atoms with E-state index >= 15 is 0 Å². The highest BCUT2D eigenvalue weighted by Gasteiger charge is 2.02. The largest absolute Gasteiger partial charge is 0.325 e. The number of rotatable bonds is 1. The van der Waals surface area contributed by atoms with Crippen LogP contribution in [0.15, 0.2) is 22.9 Å². The Balaban J connectivity index is 2.78.